The maximum Gasteiger partial charge on any atom is 0.237 e. The molecular weight excluding hydrogens is 380 g/mol. The highest BCUT2D eigenvalue weighted by Gasteiger charge is 2.53. The number of rotatable bonds is 9. The van der Waals surface area contributed by atoms with Gasteiger partial charge in [-0.05, 0) is 17.2 Å². The summed E-state index contributed by atoms with van der Waals surface area (Å²) in [5, 5.41) is 17.8. The average molecular weight is 402 g/mol. The molecule has 144 valence electrons. The van der Waals surface area contributed by atoms with Crippen LogP contribution in [0, 0.1) is 0 Å². The van der Waals surface area contributed by atoms with E-state index in [1.165, 1.54) is 6.08 Å². The zero-order chi connectivity index (χ0) is 19.3. The molecule has 0 bridgehead atoms. The maximum absolute atomic E-state index is 12.7. The molecule has 4 N–H and O–H groups in total. The standard InChI is InChI=1S/C16H22N2O6S2/c19-12-10-17-25(21,22)16(26(23,24)18-11-13-20)8-6-15(7-9-16)14-4-2-1-3-5-14/h1-8,17-20H,9-13H2. The van der Waals surface area contributed by atoms with Gasteiger partial charge in [0, 0.05) is 19.5 Å². The van der Waals surface area contributed by atoms with Gasteiger partial charge in [-0.3, -0.25) is 0 Å². The van der Waals surface area contributed by atoms with Crippen LogP contribution in [0.15, 0.2) is 48.6 Å². The van der Waals surface area contributed by atoms with E-state index in [0.717, 1.165) is 11.6 Å². The fourth-order valence-electron chi connectivity index (χ4n) is 2.60. The van der Waals surface area contributed by atoms with E-state index in [4.69, 9.17) is 10.2 Å². The second-order valence-corrected chi connectivity index (χ2v) is 9.92. The van der Waals surface area contributed by atoms with Crippen molar-refractivity contribution in [2.45, 2.75) is 10.5 Å². The zero-order valence-electron chi connectivity index (χ0n) is 14.0. The number of benzene rings is 1. The van der Waals surface area contributed by atoms with Gasteiger partial charge in [0.15, 0.2) is 0 Å². The topological polar surface area (TPSA) is 133 Å². The van der Waals surface area contributed by atoms with E-state index < -0.39 is 37.3 Å². The van der Waals surface area contributed by atoms with Crippen LogP contribution in [0.25, 0.3) is 5.57 Å². The molecule has 0 radical (unpaired) electrons. The number of aliphatic hydroxyl groups is 2. The summed E-state index contributed by atoms with van der Waals surface area (Å²) in [6, 6.07) is 9.16. The lowest BCUT2D eigenvalue weighted by atomic mass is 9.99. The van der Waals surface area contributed by atoms with Crippen LogP contribution in [-0.2, 0) is 20.0 Å². The first kappa shape index (κ1) is 20.7. The van der Waals surface area contributed by atoms with Crippen LogP contribution in [-0.4, -0.2) is 57.4 Å². The summed E-state index contributed by atoms with van der Waals surface area (Å²) in [6.45, 7) is -1.53. The number of sulfonamides is 2. The Labute approximate surface area is 153 Å². The van der Waals surface area contributed by atoms with Crippen LogP contribution < -0.4 is 9.44 Å². The Morgan fingerprint density at radius 2 is 1.46 bits per heavy atom. The lowest BCUT2D eigenvalue weighted by molar-refractivity contribution is 0.300. The van der Waals surface area contributed by atoms with Gasteiger partial charge in [-0.25, -0.2) is 26.3 Å². The van der Waals surface area contributed by atoms with Gasteiger partial charge >= 0.3 is 0 Å². The van der Waals surface area contributed by atoms with E-state index in [0.29, 0.717) is 5.57 Å². The molecule has 0 amide bonds. The monoisotopic (exact) mass is 402 g/mol. The number of nitrogens with one attached hydrogen (secondary N) is 2. The highest BCUT2D eigenvalue weighted by atomic mass is 32.3. The smallest absolute Gasteiger partial charge is 0.237 e. The number of hydrogen-bond acceptors (Lipinski definition) is 6. The van der Waals surface area contributed by atoms with Crippen molar-refractivity contribution in [3.8, 4) is 0 Å². The first-order valence-electron chi connectivity index (χ1n) is 7.94. The first-order chi connectivity index (χ1) is 12.3. The normalized spacial score (nSPS) is 17.1. The van der Waals surface area contributed by atoms with Gasteiger partial charge in [0.25, 0.3) is 0 Å². The SMILES string of the molecule is O=S(=O)(NCCO)C1(S(=O)(=O)NCCO)C=CC(c2ccccc2)=CC1. The Morgan fingerprint density at radius 1 is 0.923 bits per heavy atom. The van der Waals surface area contributed by atoms with Gasteiger partial charge in [0.05, 0.1) is 13.2 Å². The van der Waals surface area contributed by atoms with Crippen LogP contribution in [0.3, 0.4) is 0 Å². The quantitative estimate of drug-likeness (QED) is 0.442. The molecule has 0 aromatic heterocycles. The zero-order valence-corrected chi connectivity index (χ0v) is 15.6. The predicted molar refractivity (Wildman–Crippen MR) is 98.9 cm³/mol. The van der Waals surface area contributed by atoms with Gasteiger partial charge in [0.2, 0.25) is 24.1 Å². The molecule has 1 aliphatic rings. The molecule has 0 spiro atoms. The Kier molecular flexibility index (Phi) is 6.72. The number of aliphatic hydroxyl groups excluding tert-OH is 2. The minimum atomic E-state index is -4.37. The summed E-state index contributed by atoms with van der Waals surface area (Å²) >= 11 is 0. The van der Waals surface area contributed by atoms with Crippen molar-refractivity contribution in [1.29, 1.82) is 0 Å². The van der Waals surface area contributed by atoms with Crippen LogP contribution in [0.5, 0.6) is 0 Å². The fourth-order valence-corrected chi connectivity index (χ4v) is 6.41. The average Bonchev–Trinajstić information content (AvgIpc) is 2.65. The van der Waals surface area contributed by atoms with Crippen LogP contribution in [0.4, 0.5) is 0 Å². The maximum atomic E-state index is 12.7. The first-order valence-corrected chi connectivity index (χ1v) is 10.9. The van der Waals surface area contributed by atoms with Crippen molar-refractivity contribution >= 4 is 25.6 Å². The molecule has 0 fully saturated rings. The van der Waals surface area contributed by atoms with Gasteiger partial charge in [-0.1, -0.05) is 42.5 Å². The van der Waals surface area contributed by atoms with Crippen LogP contribution >= 0.6 is 0 Å². The van der Waals surface area contributed by atoms with Crippen molar-refractivity contribution < 1.29 is 27.0 Å². The highest BCUT2D eigenvalue weighted by molar-refractivity contribution is 8.08. The molecule has 2 rings (SSSR count). The molecule has 0 atom stereocenters. The third kappa shape index (κ3) is 4.05. The molecular formula is C16H22N2O6S2. The second kappa shape index (κ2) is 8.42. The molecule has 1 aromatic rings. The van der Waals surface area contributed by atoms with Gasteiger partial charge in [0.1, 0.15) is 0 Å². The third-order valence-electron chi connectivity index (χ3n) is 3.95. The third-order valence-corrected chi connectivity index (χ3v) is 8.86. The highest BCUT2D eigenvalue weighted by Crippen LogP contribution is 2.36. The molecule has 8 nitrogen and oxygen atoms in total. The molecule has 10 heteroatoms. The van der Waals surface area contributed by atoms with Gasteiger partial charge < -0.3 is 10.2 Å². The second-order valence-electron chi connectivity index (χ2n) is 5.62. The number of allylic oxidation sites excluding steroid dienone is 3. The van der Waals surface area contributed by atoms with Crippen molar-refractivity contribution in [1.82, 2.24) is 9.44 Å². The Hall–Kier alpha value is -1.56. The van der Waals surface area contributed by atoms with Crippen molar-refractivity contribution in [2.75, 3.05) is 26.3 Å². The molecule has 0 saturated carbocycles. The van der Waals surface area contributed by atoms with E-state index in [9.17, 15) is 16.8 Å². The Bertz CT molecular complexity index is 839. The lowest BCUT2D eigenvalue weighted by Gasteiger charge is -2.31. The molecule has 26 heavy (non-hydrogen) atoms. The van der Waals surface area contributed by atoms with E-state index in [1.54, 1.807) is 6.08 Å². The predicted octanol–water partition coefficient (Wildman–Crippen LogP) is -0.450. The Morgan fingerprint density at radius 3 is 1.88 bits per heavy atom. The van der Waals surface area contributed by atoms with Crippen molar-refractivity contribution in [2.24, 2.45) is 0 Å². The van der Waals surface area contributed by atoms with E-state index in [2.05, 4.69) is 9.44 Å². The summed E-state index contributed by atoms with van der Waals surface area (Å²) in [6.07, 6.45) is 3.82. The molecule has 1 aromatic carbocycles. The van der Waals surface area contributed by atoms with E-state index >= 15 is 0 Å². The molecule has 0 saturated heterocycles. The van der Waals surface area contributed by atoms with Gasteiger partial charge in [-0.2, -0.15) is 0 Å². The molecule has 0 heterocycles. The van der Waals surface area contributed by atoms with Crippen LogP contribution in [0.1, 0.15) is 12.0 Å². The van der Waals surface area contributed by atoms with E-state index in [-0.39, 0.29) is 19.5 Å². The van der Waals surface area contributed by atoms with E-state index in [1.807, 2.05) is 30.3 Å². The largest absolute Gasteiger partial charge is 0.395 e. The number of hydrogen-bond donors (Lipinski definition) is 4. The summed E-state index contributed by atoms with van der Waals surface area (Å²) in [5.41, 5.74) is 1.54. The minimum absolute atomic E-state index is 0.303. The summed E-state index contributed by atoms with van der Waals surface area (Å²) in [5.74, 6) is 0. The molecule has 0 aliphatic heterocycles. The Balaban J connectivity index is 2.46. The van der Waals surface area contributed by atoms with Crippen molar-refractivity contribution in [3.05, 3.63) is 54.1 Å². The fraction of sp³-hybridized carbons (Fsp3) is 0.375. The minimum Gasteiger partial charge on any atom is -0.395 e. The van der Waals surface area contributed by atoms with Gasteiger partial charge in [-0.15, -0.1) is 0 Å². The van der Waals surface area contributed by atoms with Crippen molar-refractivity contribution in [3.63, 3.8) is 0 Å². The molecule has 0 unspecified atom stereocenters. The van der Waals surface area contributed by atoms with Crippen LogP contribution in [0.2, 0.25) is 0 Å². The molecule has 1 aliphatic carbocycles. The summed E-state index contributed by atoms with van der Waals surface area (Å²) in [7, 11) is -8.75. The summed E-state index contributed by atoms with van der Waals surface area (Å²) < 4.78 is 52.9. The lowest BCUT2D eigenvalue weighted by Crippen LogP contribution is -2.55. The summed E-state index contributed by atoms with van der Waals surface area (Å²) in [4.78, 5) is 0.